The van der Waals surface area contributed by atoms with Crippen LogP contribution in [0.3, 0.4) is 0 Å². The fourth-order valence-corrected chi connectivity index (χ4v) is 3.91. The molecule has 2 aromatic carbocycles. The van der Waals surface area contributed by atoms with Gasteiger partial charge in [0.05, 0.1) is 13.2 Å². The van der Waals surface area contributed by atoms with Crippen LogP contribution in [0.25, 0.3) is 0 Å². The molecule has 2 aromatic rings. The van der Waals surface area contributed by atoms with Gasteiger partial charge in [-0.05, 0) is 30.3 Å². The molecule has 0 aromatic heterocycles. The summed E-state index contributed by atoms with van der Waals surface area (Å²) < 4.78 is 32.8. The molecule has 9 heteroatoms. The quantitative estimate of drug-likeness (QED) is 0.675. The van der Waals surface area contributed by atoms with Gasteiger partial charge in [-0.3, -0.25) is 4.72 Å². The highest BCUT2D eigenvalue weighted by molar-refractivity contribution is 7.92. The minimum Gasteiger partial charge on any atom is -0.595 e. The van der Waals surface area contributed by atoms with E-state index in [9.17, 15) is 13.6 Å². The summed E-state index contributed by atoms with van der Waals surface area (Å²) in [5.41, 5.74) is 1.09. The molecule has 0 aliphatic carbocycles. The van der Waals surface area contributed by atoms with Crippen molar-refractivity contribution in [1.29, 1.82) is 0 Å². The molecule has 134 valence electrons. The van der Waals surface area contributed by atoms with Crippen LogP contribution in [0.1, 0.15) is 0 Å². The van der Waals surface area contributed by atoms with E-state index < -0.39 is 15.2 Å². The van der Waals surface area contributed by atoms with E-state index in [0.717, 1.165) is 18.8 Å². The van der Waals surface area contributed by atoms with Crippen LogP contribution in [-0.2, 0) is 14.8 Å². The van der Waals surface area contributed by atoms with Crippen molar-refractivity contribution in [3.63, 3.8) is 0 Å². The van der Waals surface area contributed by atoms with Crippen LogP contribution in [0.4, 0.5) is 17.1 Å². The highest BCUT2D eigenvalue weighted by atomic mass is 32.2. The second kappa shape index (κ2) is 7.38. The van der Waals surface area contributed by atoms with Crippen LogP contribution in [0.2, 0.25) is 0 Å². The number of benzene rings is 2. The predicted octanol–water partition coefficient (Wildman–Crippen LogP) is 0.727. The van der Waals surface area contributed by atoms with Crippen LogP contribution in [0.5, 0.6) is 0 Å². The standard InChI is InChI=1S/C16H19N3O5S/c20-19(21)15-3-1-2-4-16(15)25(22,23)17-13-5-7-14(8-6-13)18-9-11-24-12-10-18/h1-8,17,19-20H,9-12H2. The van der Waals surface area contributed by atoms with Gasteiger partial charge in [0.15, 0.2) is 10.6 Å². The molecule has 1 atom stereocenters. The number of rotatable bonds is 5. The van der Waals surface area contributed by atoms with E-state index in [1.165, 1.54) is 24.3 Å². The van der Waals surface area contributed by atoms with Crippen LogP contribution < -0.4 is 14.8 Å². The number of hydrogen-bond donors (Lipinski definition) is 3. The molecule has 3 rings (SSSR count). The Morgan fingerprint density at radius 3 is 2.36 bits per heavy atom. The van der Waals surface area contributed by atoms with Crippen molar-refractivity contribution in [2.75, 3.05) is 35.9 Å². The number of quaternary nitrogens is 1. The average Bonchev–Trinajstić information content (AvgIpc) is 2.63. The first-order valence-corrected chi connectivity index (χ1v) is 9.23. The van der Waals surface area contributed by atoms with Crippen molar-refractivity contribution in [1.82, 2.24) is 0 Å². The van der Waals surface area contributed by atoms with E-state index in [2.05, 4.69) is 9.62 Å². The Morgan fingerprint density at radius 1 is 1.08 bits per heavy atom. The van der Waals surface area contributed by atoms with Crippen LogP contribution in [0.15, 0.2) is 53.4 Å². The van der Waals surface area contributed by atoms with Gasteiger partial charge in [0.25, 0.3) is 10.0 Å². The van der Waals surface area contributed by atoms with Gasteiger partial charge in [-0.15, -0.1) is 0 Å². The normalized spacial score (nSPS) is 16.5. The van der Waals surface area contributed by atoms with Crippen molar-refractivity contribution in [2.24, 2.45) is 0 Å². The summed E-state index contributed by atoms with van der Waals surface area (Å²) in [4.78, 5) is 1.89. The number of morpholine rings is 1. The van der Waals surface area contributed by atoms with Crippen molar-refractivity contribution in [2.45, 2.75) is 4.90 Å². The summed E-state index contributed by atoms with van der Waals surface area (Å²) in [7, 11) is -3.99. The Hall–Kier alpha value is -2.17. The van der Waals surface area contributed by atoms with Crippen molar-refractivity contribution < 1.29 is 23.6 Å². The lowest BCUT2D eigenvalue weighted by atomic mass is 10.2. The molecule has 1 aliphatic rings. The topological polar surface area (TPSA) is 106 Å². The SMILES string of the molecule is O=S(=O)(Nc1ccc(N2CCOCC2)cc1)c1ccccc1[NH+]([O-])O. The zero-order valence-electron chi connectivity index (χ0n) is 13.4. The lowest BCUT2D eigenvalue weighted by molar-refractivity contribution is -0.992. The molecular weight excluding hydrogens is 346 g/mol. The smallest absolute Gasteiger partial charge is 0.267 e. The van der Waals surface area contributed by atoms with Gasteiger partial charge in [-0.1, -0.05) is 12.1 Å². The van der Waals surface area contributed by atoms with Gasteiger partial charge in [-0.2, -0.15) is 5.23 Å². The maximum atomic E-state index is 12.5. The van der Waals surface area contributed by atoms with E-state index in [1.807, 2.05) is 12.1 Å². The lowest BCUT2D eigenvalue weighted by Gasteiger charge is -2.28. The molecule has 3 N–H and O–H groups in total. The van der Waals surface area contributed by atoms with Gasteiger partial charge in [0, 0.05) is 30.5 Å². The first-order valence-electron chi connectivity index (χ1n) is 7.75. The van der Waals surface area contributed by atoms with Crippen molar-refractivity contribution >= 4 is 27.1 Å². The predicted molar refractivity (Wildman–Crippen MR) is 92.5 cm³/mol. The molecule has 1 unspecified atom stereocenters. The molecule has 0 radical (unpaired) electrons. The van der Waals surface area contributed by atoms with Crippen molar-refractivity contribution in [3.8, 4) is 0 Å². The number of nitrogens with one attached hydrogen (secondary N) is 2. The summed E-state index contributed by atoms with van der Waals surface area (Å²) in [6.45, 7) is 2.91. The average molecular weight is 365 g/mol. The second-order valence-electron chi connectivity index (χ2n) is 5.55. The summed E-state index contributed by atoms with van der Waals surface area (Å²) >= 11 is 0. The zero-order valence-corrected chi connectivity index (χ0v) is 14.2. The van der Waals surface area contributed by atoms with Gasteiger partial charge in [0.2, 0.25) is 0 Å². The van der Waals surface area contributed by atoms with Gasteiger partial charge >= 0.3 is 0 Å². The van der Waals surface area contributed by atoms with Crippen LogP contribution in [0, 0.1) is 5.21 Å². The van der Waals surface area contributed by atoms with Gasteiger partial charge < -0.3 is 14.8 Å². The number of anilines is 2. The first kappa shape index (κ1) is 17.6. The summed E-state index contributed by atoms with van der Waals surface area (Å²) in [5.74, 6) is 0. The number of para-hydroxylation sites is 1. The Morgan fingerprint density at radius 2 is 1.72 bits per heavy atom. The second-order valence-corrected chi connectivity index (χ2v) is 7.20. The molecule has 1 heterocycles. The molecule has 0 amide bonds. The van der Waals surface area contributed by atoms with Gasteiger partial charge in [-0.25, -0.2) is 13.6 Å². The highest BCUT2D eigenvalue weighted by Crippen LogP contribution is 2.23. The summed E-state index contributed by atoms with van der Waals surface area (Å²) in [5, 5.41) is 19.1. The molecule has 8 nitrogen and oxygen atoms in total. The van der Waals surface area contributed by atoms with Crippen molar-refractivity contribution in [3.05, 3.63) is 53.7 Å². The Kier molecular flexibility index (Phi) is 5.21. The Balaban J connectivity index is 1.79. The Bertz CT molecular complexity index is 818. The minimum absolute atomic E-state index is 0.264. The number of hydrogen-bond acceptors (Lipinski definition) is 6. The molecule has 0 bridgehead atoms. The molecule has 0 spiro atoms. The third-order valence-electron chi connectivity index (χ3n) is 3.90. The minimum atomic E-state index is -3.99. The molecule has 1 aliphatic heterocycles. The fourth-order valence-electron chi connectivity index (χ4n) is 2.65. The van der Waals surface area contributed by atoms with Crippen LogP contribution in [-0.4, -0.2) is 39.9 Å². The maximum Gasteiger partial charge on any atom is 0.267 e. The highest BCUT2D eigenvalue weighted by Gasteiger charge is 2.22. The molecular formula is C16H19N3O5S. The number of nitrogens with zero attached hydrogens (tertiary/aromatic N) is 1. The number of ether oxygens (including phenoxy) is 1. The lowest BCUT2D eigenvalue weighted by Crippen LogP contribution is -2.99. The van der Waals surface area contributed by atoms with E-state index in [0.29, 0.717) is 18.9 Å². The summed E-state index contributed by atoms with van der Waals surface area (Å²) in [6, 6.07) is 12.5. The van der Waals surface area contributed by atoms with E-state index in [1.54, 1.807) is 12.1 Å². The number of sulfonamides is 1. The van der Waals surface area contributed by atoms with Gasteiger partial charge in [0.1, 0.15) is 0 Å². The van der Waals surface area contributed by atoms with E-state index in [4.69, 9.17) is 9.94 Å². The Labute approximate surface area is 145 Å². The monoisotopic (exact) mass is 365 g/mol. The molecule has 0 saturated carbocycles. The largest absolute Gasteiger partial charge is 0.595 e. The molecule has 25 heavy (non-hydrogen) atoms. The third-order valence-corrected chi connectivity index (χ3v) is 5.34. The van der Waals surface area contributed by atoms with Crippen LogP contribution >= 0.6 is 0 Å². The fraction of sp³-hybridized carbons (Fsp3) is 0.250. The summed E-state index contributed by atoms with van der Waals surface area (Å²) in [6.07, 6.45) is 0. The first-order chi connectivity index (χ1) is 12.0. The van der Waals surface area contributed by atoms with E-state index >= 15 is 0 Å². The molecule has 1 fully saturated rings. The van der Waals surface area contributed by atoms with E-state index in [-0.39, 0.29) is 10.6 Å². The maximum absolute atomic E-state index is 12.5. The molecule has 1 saturated heterocycles. The third kappa shape index (κ3) is 4.09. The zero-order chi connectivity index (χ0) is 17.9.